The van der Waals surface area contributed by atoms with Crippen molar-refractivity contribution in [1.82, 2.24) is 24.9 Å². The molecule has 0 bridgehead atoms. The summed E-state index contributed by atoms with van der Waals surface area (Å²) in [6.07, 6.45) is 2.56. The van der Waals surface area contributed by atoms with Crippen molar-refractivity contribution in [3.05, 3.63) is 0 Å². The molecule has 0 aromatic carbocycles. The number of hydrogen-bond acceptors (Lipinski definition) is 10. The quantitative estimate of drug-likeness (QED) is 0.150. The minimum absolute atomic E-state index is 0.00351. The summed E-state index contributed by atoms with van der Waals surface area (Å²) in [5.74, 6) is -2.85. The number of nitrogens with zero attached hydrogens (tertiary/aromatic N) is 4. The van der Waals surface area contributed by atoms with E-state index in [1.165, 1.54) is 0 Å². The molecule has 0 aliphatic carbocycles. The Morgan fingerprint density at radius 2 is 1.16 bits per heavy atom. The van der Waals surface area contributed by atoms with Crippen molar-refractivity contribution < 1.29 is 39.3 Å². The van der Waals surface area contributed by atoms with Crippen LogP contribution in [-0.2, 0) is 24.0 Å². The molecule has 1 aliphatic heterocycles. The Morgan fingerprint density at radius 1 is 0.757 bits per heavy atom. The molecule has 1 rings (SSSR count). The lowest BCUT2D eigenvalue weighted by Crippen LogP contribution is -2.54. The molecule has 0 aromatic heterocycles. The van der Waals surface area contributed by atoms with Gasteiger partial charge in [0.25, 0.3) is 0 Å². The third-order valence-electron chi connectivity index (χ3n) is 6.58. The van der Waals surface area contributed by atoms with E-state index in [-0.39, 0.29) is 31.3 Å². The van der Waals surface area contributed by atoms with Crippen molar-refractivity contribution in [3.8, 4) is 0 Å². The summed E-state index contributed by atoms with van der Waals surface area (Å²) < 4.78 is 0. The number of aldehydes is 1. The van der Waals surface area contributed by atoms with Crippen molar-refractivity contribution in [2.45, 2.75) is 39.3 Å². The van der Waals surface area contributed by atoms with E-state index in [1.807, 2.05) is 11.8 Å². The normalized spacial score (nSPS) is 19.3. The van der Waals surface area contributed by atoms with Crippen LogP contribution < -0.4 is 5.32 Å². The first-order valence-corrected chi connectivity index (χ1v) is 12.8. The lowest BCUT2D eigenvalue weighted by Gasteiger charge is -2.35. The lowest BCUT2D eigenvalue weighted by molar-refractivity contribution is -0.140. The molecule has 1 aliphatic rings. The first-order valence-electron chi connectivity index (χ1n) is 12.8. The number of carbonyl (C=O) groups is 5. The van der Waals surface area contributed by atoms with Crippen LogP contribution in [0.5, 0.6) is 0 Å². The average Bonchev–Trinajstić information content (AvgIpc) is 2.80. The maximum absolute atomic E-state index is 12.0. The number of unbranched alkanes of at least 4 members (excludes halogenated alkanes) is 1. The zero-order valence-corrected chi connectivity index (χ0v) is 22.0. The fourth-order valence-corrected chi connectivity index (χ4v) is 4.17. The van der Waals surface area contributed by atoms with E-state index in [0.29, 0.717) is 58.9 Å². The molecule has 2 atom stereocenters. The smallest absolute Gasteiger partial charge is 0.317 e. The number of carboxylic acid groups (broad SMARTS) is 3. The van der Waals surface area contributed by atoms with Crippen LogP contribution in [-0.4, -0.2) is 150 Å². The molecule has 1 saturated heterocycles. The highest BCUT2D eigenvalue weighted by molar-refractivity contribution is 5.77. The van der Waals surface area contributed by atoms with Crippen LogP contribution in [0.3, 0.4) is 0 Å². The van der Waals surface area contributed by atoms with Gasteiger partial charge in [-0.1, -0.05) is 13.3 Å². The monoisotopic (exact) mass is 529 g/mol. The summed E-state index contributed by atoms with van der Waals surface area (Å²) >= 11 is 0. The first-order chi connectivity index (χ1) is 17.5. The van der Waals surface area contributed by atoms with Gasteiger partial charge in [0.1, 0.15) is 11.9 Å². The van der Waals surface area contributed by atoms with Gasteiger partial charge >= 0.3 is 17.9 Å². The van der Waals surface area contributed by atoms with Gasteiger partial charge in [-0.25, -0.2) is 0 Å². The van der Waals surface area contributed by atoms with E-state index >= 15 is 0 Å². The third-order valence-corrected chi connectivity index (χ3v) is 6.58. The van der Waals surface area contributed by atoms with Gasteiger partial charge in [-0.3, -0.25) is 44.1 Å². The molecular formula is C24H43N5O8. The third kappa shape index (κ3) is 14.8. The molecule has 0 amide bonds. The van der Waals surface area contributed by atoms with Gasteiger partial charge in [0, 0.05) is 58.3 Å². The predicted octanol–water partition coefficient (Wildman–Crippen LogP) is -1.03. The molecule has 4 N–H and O–H groups in total. The minimum atomic E-state index is -1.01. The van der Waals surface area contributed by atoms with Gasteiger partial charge in [0.05, 0.1) is 19.6 Å². The Morgan fingerprint density at radius 3 is 1.51 bits per heavy atom. The Bertz CT molecular complexity index is 721. The second-order valence-corrected chi connectivity index (χ2v) is 9.59. The molecule has 1 heterocycles. The lowest BCUT2D eigenvalue weighted by atomic mass is 10.0. The number of rotatable bonds is 15. The second kappa shape index (κ2) is 17.9. The number of aliphatic carboxylic acids is 3. The molecule has 13 nitrogen and oxygen atoms in total. The second-order valence-electron chi connectivity index (χ2n) is 9.59. The molecule has 0 spiro atoms. The van der Waals surface area contributed by atoms with Crippen LogP contribution in [0.2, 0.25) is 0 Å². The summed E-state index contributed by atoms with van der Waals surface area (Å²) in [5.41, 5.74) is 0. The number of Topliss-reactive ketones (excluding diaryl/α,β-unsaturated/α-hetero) is 1. The van der Waals surface area contributed by atoms with Crippen molar-refractivity contribution >= 4 is 30.0 Å². The summed E-state index contributed by atoms with van der Waals surface area (Å²) in [5, 5.41) is 31.1. The van der Waals surface area contributed by atoms with Crippen molar-refractivity contribution in [3.63, 3.8) is 0 Å². The molecule has 0 aromatic rings. The summed E-state index contributed by atoms with van der Waals surface area (Å²) in [6, 6.07) is 0. The summed E-state index contributed by atoms with van der Waals surface area (Å²) in [6.45, 7) is 6.06. The van der Waals surface area contributed by atoms with E-state index in [4.69, 9.17) is 0 Å². The Balaban J connectivity index is 2.91. The maximum atomic E-state index is 12.0. The minimum Gasteiger partial charge on any atom is -0.480 e. The summed E-state index contributed by atoms with van der Waals surface area (Å²) in [4.78, 5) is 64.4. The first kappa shape index (κ1) is 32.6. The van der Waals surface area contributed by atoms with Crippen LogP contribution in [0.4, 0.5) is 0 Å². The van der Waals surface area contributed by atoms with Gasteiger partial charge < -0.3 is 20.1 Å². The van der Waals surface area contributed by atoms with Crippen LogP contribution in [0.25, 0.3) is 0 Å². The molecule has 212 valence electrons. The van der Waals surface area contributed by atoms with Crippen molar-refractivity contribution in [2.24, 2.45) is 5.92 Å². The zero-order chi connectivity index (χ0) is 27.8. The van der Waals surface area contributed by atoms with Gasteiger partial charge in [0.2, 0.25) is 0 Å². The number of hydrogen-bond donors (Lipinski definition) is 4. The maximum Gasteiger partial charge on any atom is 0.317 e. The molecule has 0 radical (unpaired) electrons. The number of carbonyl (C=O) groups excluding carboxylic acids is 2. The van der Waals surface area contributed by atoms with Crippen LogP contribution in [0.1, 0.15) is 33.1 Å². The number of carboxylic acids is 3. The topological polar surface area (TPSA) is 171 Å². The average molecular weight is 530 g/mol. The van der Waals surface area contributed by atoms with E-state index in [9.17, 15) is 39.3 Å². The van der Waals surface area contributed by atoms with Crippen molar-refractivity contribution in [1.29, 1.82) is 0 Å². The Hall–Kier alpha value is -2.45. The largest absolute Gasteiger partial charge is 0.480 e. The highest BCUT2D eigenvalue weighted by Gasteiger charge is 2.23. The van der Waals surface area contributed by atoms with E-state index < -0.39 is 24.1 Å². The van der Waals surface area contributed by atoms with Crippen LogP contribution >= 0.6 is 0 Å². The molecule has 1 fully saturated rings. The number of nitrogens with one attached hydrogen (secondary N) is 1. The van der Waals surface area contributed by atoms with Gasteiger partial charge in [-0.2, -0.15) is 0 Å². The zero-order valence-electron chi connectivity index (χ0n) is 22.0. The highest BCUT2D eigenvalue weighted by Crippen LogP contribution is 2.09. The van der Waals surface area contributed by atoms with E-state index in [2.05, 4.69) is 5.32 Å². The fraction of sp³-hybridized carbons (Fsp3) is 0.792. The Kier molecular flexibility index (Phi) is 15.8. The van der Waals surface area contributed by atoms with Crippen molar-refractivity contribution in [2.75, 3.05) is 78.5 Å². The highest BCUT2D eigenvalue weighted by atomic mass is 16.4. The molecule has 0 saturated carbocycles. The fourth-order valence-electron chi connectivity index (χ4n) is 4.17. The van der Waals surface area contributed by atoms with E-state index in [0.717, 1.165) is 25.5 Å². The van der Waals surface area contributed by atoms with E-state index in [1.54, 1.807) is 21.6 Å². The van der Waals surface area contributed by atoms with Crippen LogP contribution in [0.15, 0.2) is 0 Å². The van der Waals surface area contributed by atoms with Crippen LogP contribution in [0, 0.1) is 5.92 Å². The Labute approximate surface area is 218 Å². The SMILES string of the molecule is CC(=O)[C@H](C)CCCCNC(C=O)N1CCN(CC(=O)O)CCN(CC(=O)O)CCN(CC(=O)O)CC1. The standard InChI is InChI=1S/C24H43N5O8/c1-19(20(2)31)5-3-4-6-25-21(18-30)29-13-11-27(16-23(34)35)9-7-26(15-22(32)33)8-10-28(12-14-29)17-24(36)37/h18-19,21,25H,3-17H2,1-2H3,(H,32,33)(H,34,35)(H,36,37)/t19-,21?/m1/s1. The van der Waals surface area contributed by atoms with Gasteiger partial charge in [-0.05, 0) is 26.3 Å². The number of ketones is 1. The predicted molar refractivity (Wildman–Crippen MR) is 135 cm³/mol. The summed E-state index contributed by atoms with van der Waals surface area (Å²) in [7, 11) is 0. The molecule has 1 unspecified atom stereocenters. The van der Waals surface area contributed by atoms with Gasteiger partial charge in [-0.15, -0.1) is 0 Å². The van der Waals surface area contributed by atoms with Gasteiger partial charge in [0.15, 0.2) is 6.29 Å². The molecular weight excluding hydrogens is 486 g/mol. The molecule has 13 heteroatoms. The molecule has 37 heavy (non-hydrogen) atoms.